The molecule has 0 atom stereocenters. The lowest BCUT2D eigenvalue weighted by Crippen LogP contribution is -2.62. The van der Waals surface area contributed by atoms with E-state index in [0.29, 0.717) is 20.6 Å². The van der Waals surface area contributed by atoms with Gasteiger partial charge in [-0.25, -0.2) is 0 Å². The van der Waals surface area contributed by atoms with E-state index in [9.17, 15) is 0 Å². The van der Waals surface area contributed by atoms with Crippen LogP contribution in [0, 0.1) is 16.2 Å². The first kappa shape index (κ1) is 15.4. The van der Waals surface area contributed by atoms with Crippen LogP contribution in [-0.4, -0.2) is 4.32 Å². The van der Waals surface area contributed by atoms with Crippen LogP contribution in [0.25, 0.3) is 0 Å². The Morgan fingerprint density at radius 1 is 0.600 bits per heavy atom. The van der Waals surface area contributed by atoms with Gasteiger partial charge in [-0.3, -0.25) is 0 Å². The summed E-state index contributed by atoms with van der Waals surface area (Å²) < 4.78 is 0.501. The third-order valence-corrected chi connectivity index (χ3v) is 7.51. The summed E-state index contributed by atoms with van der Waals surface area (Å²) in [6.45, 7) is 7.20. The Labute approximate surface area is 134 Å². The predicted molar refractivity (Wildman–Crippen MR) is 91.4 cm³/mol. The van der Waals surface area contributed by atoms with Gasteiger partial charge in [0.2, 0.25) is 0 Å². The minimum atomic E-state index is 0.501. The van der Waals surface area contributed by atoms with Crippen LogP contribution in [-0.2, 0) is 0 Å². The van der Waals surface area contributed by atoms with Gasteiger partial charge in [-0.2, -0.15) is 0 Å². The van der Waals surface area contributed by atoms with Crippen LogP contribution in [0.15, 0.2) is 0 Å². The van der Waals surface area contributed by atoms with Crippen molar-refractivity contribution in [3.8, 4) is 0 Å². The number of halogens is 1. The standard InChI is InChI=1S/C19H33Br/c1-4-7-16-10-17(8-5-2)12-18(11-16,9-6-3)15-19(20,13-16)14-17/h4-15H2,1-3H3. The second-order valence-electron chi connectivity index (χ2n) is 8.96. The van der Waals surface area contributed by atoms with Crippen LogP contribution in [0.5, 0.6) is 0 Å². The summed E-state index contributed by atoms with van der Waals surface area (Å²) in [5.41, 5.74) is 2.08. The first-order valence-electron chi connectivity index (χ1n) is 9.11. The van der Waals surface area contributed by atoms with Gasteiger partial charge in [-0.05, 0) is 74.0 Å². The van der Waals surface area contributed by atoms with E-state index in [1.54, 1.807) is 19.3 Å². The maximum Gasteiger partial charge on any atom is 0.0273 e. The SMILES string of the molecule is CCCC12CC3(Br)CC(CCC)(C1)CC(CCC)(C3)C2. The summed E-state index contributed by atoms with van der Waals surface area (Å²) >= 11 is 4.27. The van der Waals surface area contributed by atoms with Gasteiger partial charge in [0.05, 0.1) is 0 Å². The van der Waals surface area contributed by atoms with E-state index >= 15 is 0 Å². The van der Waals surface area contributed by atoms with Crippen molar-refractivity contribution in [1.82, 2.24) is 0 Å². The van der Waals surface area contributed by atoms with Gasteiger partial charge in [-0.1, -0.05) is 56.0 Å². The summed E-state index contributed by atoms with van der Waals surface area (Å²) in [5.74, 6) is 0. The average molecular weight is 341 g/mol. The van der Waals surface area contributed by atoms with E-state index in [2.05, 4.69) is 36.7 Å². The highest BCUT2D eigenvalue weighted by molar-refractivity contribution is 9.10. The lowest BCUT2D eigenvalue weighted by molar-refractivity contribution is -0.154. The fourth-order valence-electron chi connectivity index (χ4n) is 7.54. The van der Waals surface area contributed by atoms with Crippen molar-refractivity contribution in [3.63, 3.8) is 0 Å². The fourth-order valence-corrected chi connectivity index (χ4v) is 9.32. The summed E-state index contributed by atoms with van der Waals surface area (Å²) in [4.78, 5) is 0. The van der Waals surface area contributed by atoms with Crippen molar-refractivity contribution in [1.29, 1.82) is 0 Å². The second-order valence-corrected chi connectivity index (χ2v) is 10.6. The summed E-state index contributed by atoms with van der Waals surface area (Å²) in [6.07, 6.45) is 17.7. The zero-order valence-corrected chi connectivity index (χ0v) is 15.4. The molecule has 4 aliphatic rings. The molecule has 0 heterocycles. The number of hydrogen-bond acceptors (Lipinski definition) is 0. The zero-order chi connectivity index (χ0) is 14.5. The van der Waals surface area contributed by atoms with E-state index < -0.39 is 0 Å². The van der Waals surface area contributed by atoms with Gasteiger partial charge < -0.3 is 0 Å². The van der Waals surface area contributed by atoms with Gasteiger partial charge in [0.25, 0.3) is 0 Å². The Balaban J connectivity index is 1.98. The van der Waals surface area contributed by atoms with E-state index in [0.717, 1.165) is 0 Å². The van der Waals surface area contributed by atoms with Crippen LogP contribution in [0.1, 0.15) is 97.8 Å². The number of hydrogen-bond donors (Lipinski definition) is 0. The molecule has 0 amide bonds. The first-order chi connectivity index (χ1) is 9.42. The third-order valence-electron chi connectivity index (χ3n) is 6.67. The molecule has 0 spiro atoms. The van der Waals surface area contributed by atoms with Crippen molar-refractivity contribution >= 4 is 15.9 Å². The van der Waals surface area contributed by atoms with Gasteiger partial charge in [0, 0.05) is 4.32 Å². The highest BCUT2D eigenvalue weighted by Crippen LogP contribution is 2.75. The van der Waals surface area contributed by atoms with Gasteiger partial charge in [0.1, 0.15) is 0 Å². The van der Waals surface area contributed by atoms with Crippen molar-refractivity contribution in [2.45, 2.75) is 102 Å². The van der Waals surface area contributed by atoms with Gasteiger partial charge >= 0.3 is 0 Å². The molecule has 0 saturated heterocycles. The largest absolute Gasteiger partial charge is 0.0853 e. The van der Waals surface area contributed by atoms with Crippen molar-refractivity contribution in [2.24, 2.45) is 16.2 Å². The monoisotopic (exact) mass is 340 g/mol. The topological polar surface area (TPSA) is 0 Å². The molecule has 4 bridgehead atoms. The van der Waals surface area contributed by atoms with Crippen LogP contribution in [0.4, 0.5) is 0 Å². The lowest BCUT2D eigenvalue weighted by atomic mass is 9.37. The van der Waals surface area contributed by atoms with Gasteiger partial charge in [0.15, 0.2) is 0 Å². The summed E-state index contributed by atoms with van der Waals surface area (Å²) in [6, 6.07) is 0. The molecule has 0 aliphatic heterocycles. The Morgan fingerprint density at radius 2 is 0.900 bits per heavy atom. The molecule has 4 saturated carbocycles. The fraction of sp³-hybridized carbons (Fsp3) is 1.00. The van der Waals surface area contributed by atoms with Crippen LogP contribution >= 0.6 is 15.9 Å². The average Bonchev–Trinajstić information content (AvgIpc) is 2.24. The predicted octanol–water partition coefficient (Wildman–Crippen LogP) is 6.86. The highest BCUT2D eigenvalue weighted by Gasteiger charge is 2.66. The van der Waals surface area contributed by atoms with Crippen LogP contribution < -0.4 is 0 Å². The minimum absolute atomic E-state index is 0.501. The molecule has 1 heteroatoms. The summed E-state index contributed by atoms with van der Waals surface area (Å²) in [7, 11) is 0. The van der Waals surface area contributed by atoms with Crippen LogP contribution in [0.3, 0.4) is 0 Å². The zero-order valence-electron chi connectivity index (χ0n) is 13.9. The minimum Gasteiger partial charge on any atom is -0.0853 e. The molecule has 4 aliphatic carbocycles. The molecule has 0 nitrogen and oxygen atoms in total. The molecule has 0 aromatic carbocycles. The highest BCUT2D eigenvalue weighted by atomic mass is 79.9. The Hall–Kier alpha value is 0.480. The maximum atomic E-state index is 4.27. The van der Waals surface area contributed by atoms with E-state index in [-0.39, 0.29) is 0 Å². The molecule has 4 rings (SSSR count). The molecule has 4 fully saturated rings. The van der Waals surface area contributed by atoms with Crippen molar-refractivity contribution in [3.05, 3.63) is 0 Å². The molecular weight excluding hydrogens is 308 g/mol. The molecule has 0 aromatic rings. The molecule has 0 unspecified atom stereocenters. The molecule has 0 N–H and O–H groups in total. The first-order valence-corrected chi connectivity index (χ1v) is 9.91. The number of rotatable bonds is 6. The van der Waals surface area contributed by atoms with E-state index in [4.69, 9.17) is 0 Å². The lowest BCUT2D eigenvalue weighted by Gasteiger charge is -2.70. The molecule has 0 radical (unpaired) electrons. The Kier molecular flexibility index (Phi) is 3.84. The smallest absolute Gasteiger partial charge is 0.0273 e. The Morgan fingerprint density at radius 3 is 1.15 bits per heavy atom. The van der Waals surface area contributed by atoms with E-state index in [1.807, 2.05) is 0 Å². The van der Waals surface area contributed by atoms with Crippen molar-refractivity contribution in [2.75, 3.05) is 0 Å². The van der Waals surface area contributed by atoms with Crippen LogP contribution in [0.2, 0.25) is 0 Å². The molecule has 20 heavy (non-hydrogen) atoms. The molecular formula is C19H33Br. The normalized spacial score (nSPS) is 49.8. The Bertz CT molecular complexity index is 309. The van der Waals surface area contributed by atoms with Crippen molar-refractivity contribution < 1.29 is 0 Å². The maximum absolute atomic E-state index is 4.27. The quantitative estimate of drug-likeness (QED) is 0.463. The van der Waals surface area contributed by atoms with Gasteiger partial charge in [-0.15, -0.1) is 0 Å². The summed E-state index contributed by atoms with van der Waals surface area (Å²) in [5, 5.41) is 0. The molecule has 0 aromatic heterocycles. The second kappa shape index (κ2) is 5.00. The molecule has 116 valence electrons. The number of alkyl halides is 1. The third kappa shape index (κ3) is 2.40. The van der Waals surface area contributed by atoms with E-state index in [1.165, 1.54) is 57.8 Å².